The van der Waals surface area contributed by atoms with Crippen molar-refractivity contribution in [1.29, 1.82) is 0 Å². The average Bonchev–Trinajstić information content (AvgIpc) is 2.49. The summed E-state index contributed by atoms with van der Waals surface area (Å²) >= 11 is 0. The zero-order valence-corrected chi connectivity index (χ0v) is 8.53. The Morgan fingerprint density at radius 1 is 1.43 bits per heavy atom. The molecule has 1 aliphatic carbocycles. The van der Waals surface area contributed by atoms with Crippen LogP contribution in [0.3, 0.4) is 0 Å². The molecule has 2 nitrogen and oxygen atoms in total. The molecule has 1 aromatic rings. The summed E-state index contributed by atoms with van der Waals surface area (Å²) in [4.78, 5) is 0. The molecular formula is C12H17NO. The van der Waals surface area contributed by atoms with E-state index in [1.807, 2.05) is 24.3 Å². The normalized spacial score (nSPS) is 32.0. The molecule has 1 aliphatic rings. The molecule has 14 heavy (non-hydrogen) atoms. The van der Waals surface area contributed by atoms with E-state index in [9.17, 15) is 5.11 Å². The number of anilines is 1. The topological polar surface area (TPSA) is 46.2 Å². The maximum Gasteiger partial charge on any atom is 0.0941 e. The smallest absolute Gasteiger partial charge is 0.0941 e. The van der Waals surface area contributed by atoms with Gasteiger partial charge in [0, 0.05) is 11.3 Å². The third-order valence-electron chi connectivity index (χ3n) is 3.44. The molecule has 0 bridgehead atoms. The molecule has 0 spiro atoms. The summed E-state index contributed by atoms with van der Waals surface area (Å²) in [5.41, 5.74) is 6.82. The van der Waals surface area contributed by atoms with Crippen LogP contribution in [0.5, 0.6) is 0 Å². The second-order valence-electron chi connectivity index (χ2n) is 4.30. The first-order valence-corrected chi connectivity index (χ1v) is 5.22. The Kier molecular flexibility index (Phi) is 2.23. The molecule has 2 unspecified atom stereocenters. The van der Waals surface area contributed by atoms with Gasteiger partial charge in [-0.2, -0.15) is 0 Å². The molecule has 0 aromatic heterocycles. The van der Waals surface area contributed by atoms with E-state index in [1.165, 1.54) is 0 Å². The zero-order valence-electron chi connectivity index (χ0n) is 8.53. The first kappa shape index (κ1) is 9.53. The zero-order chi connectivity index (χ0) is 10.2. The first-order chi connectivity index (χ1) is 6.64. The van der Waals surface area contributed by atoms with Crippen LogP contribution in [0.1, 0.15) is 31.7 Å². The number of hydrogen-bond donors (Lipinski definition) is 2. The Morgan fingerprint density at radius 3 is 2.71 bits per heavy atom. The fourth-order valence-corrected chi connectivity index (χ4v) is 2.45. The summed E-state index contributed by atoms with van der Waals surface area (Å²) in [7, 11) is 0. The first-order valence-electron chi connectivity index (χ1n) is 5.22. The van der Waals surface area contributed by atoms with Crippen LogP contribution in [0.4, 0.5) is 5.69 Å². The number of aliphatic hydroxyl groups is 1. The van der Waals surface area contributed by atoms with Gasteiger partial charge in [-0.15, -0.1) is 0 Å². The molecule has 0 aliphatic heterocycles. The van der Waals surface area contributed by atoms with Gasteiger partial charge in [0.05, 0.1) is 5.60 Å². The van der Waals surface area contributed by atoms with Crippen LogP contribution in [0.2, 0.25) is 0 Å². The summed E-state index contributed by atoms with van der Waals surface area (Å²) < 4.78 is 0. The highest BCUT2D eigenvalue weighted by atomic mass is 16.3. The fraction of sp³-hybridized carbons (Fsp3) is 0.500. The second kappa shape index (κ2) is 3.28. The molecule has 2 atom stereocenters. The number of nitrogens with two attached hydrogens (primary N) is 1. The standard InChI is InChI=1S/C12H17NO/c1-9-5-4-8-12(9,14)10-6-2-3-7-11(10)13/h2-3,6-7,9,14H,4-5,8,13H2,1H3. The van der Waals surface area contributed by atoms with Crippen molar-refractivity contribution in [2.24, 2.45) is 5.92 Å². The average molecular weight is 191 g/mol. The highest BCUT2D eigenvalue weighted by Gasteiger charge is 2.40. The molecule has 0 radical (unpaired) electrons. The van der Waals surface area contributed by atoms with Gasteiger partial charge in [-0.1, -0.05) is 25.1 Å². The largest absolute Gasteiger partial charge is 0.398 e. The molecule has 1 saturated carbocycles. The van der Waals surface area contributed by atoms with E-state index >= 15 is 0 Å². The molecule has 1 aromatic carbocycles. The van der Waals surface area contributed by atoms with Crippen LogP contribution in [0.25, 0.3) is 0 Å². The number of benzene rings is 1. The van der Waals surface area contributed by atoms with Gasteiger partial charge in [0.25, 0.3) is 0 Å². The summed E-state index contributed by atoms with van der Waals surface area (Å²) in [6, 6.07) is 7.64. The fourth-order valence-electron chi connectivity index (χ4n) is 2.45. The van der Waals surface area contributed by atoms with Crippen LogP contribution in [-0.4, -0.2) is 5.11 Å². The van der Waals surface area contributed by atoms with Crippen molar-refractivity contribution in [3.05, 3.63) is 29.8 Å². The molecule has 1 fully saturated rings. The lowest BCUT2D eigenvalue weighted by Gasteiger charge is -2.29. The third kappa shape index (κ3) is 1.30. The van der Waals surface area contributed by atoms with E-state index < -0.39 is 5.60 Å². The highest BCUT2D eigenvalue weighted by molar-refractivity contribution is 5.50. The van der Waals surface area contributed by atoms with Crippen LogP contribution in [0, 0.1) is 5.92 Å². The number of rotatable bonds is 1. The van der Waals surface area contributed by atoms with E-state index in [0.29, 0.717) is 11.6 Å². The van der Waals surface area contributed by atoms with Gasteiger partial charge >= 0.3 is 0 Å². The van der Waals surface area contributed by atoms with E-state index in [1.54, 1.807) is 0 Å². The molecule has 0 saturated heterocycles. The lowest BCUT2D eigenvalue weighted by Crippen LogP contribution is -2.29. The van der Waals surface area contributed by atoms with E-state index in [0.717, 1.165) is 24.8 Å². The van der Waals surface area contributed by atoms with Crippen molar-refractivity contribution < 1.29 is 5.11 Å². The van der Waals surface area contributed by atoms with Crippen LogP contribution >= 0.6 is 0 Å². The van der Waals surface area contributed by atoms with Crippen molar-refractivity contribution in [3.63, 3.8) is 0 Å². The summed E-state index contributed by atoms with van der Waals surface area (Å²) in [6.45, 7) is 2.10. The molecular weight excluding hydrogens is 174 g/mol. The molecule has 0 amide bonds. The molecule has 0 heterocycles. The minimum atomic E-state index is -0.689. The highest BCUT2D eigenvalue weighted by Crippen LogP contribution is 2.44. The maximum absolute atomic E-state index is 10.5. The minimum Gasteiger partial charge on any atom is -0.398 e. The van der Waals surface area contributed by atoms with Crippen molar-refractivity contribution in [2.45, 2.75) is 31.8 Å². The Hall–Kier alpha value is -1.02. The van der Waals surface area contributed by atoms with Crippen LogP contribution in [0.15, 0.2) is 24.3 Å². The van der Waals surface area contributed by atoms with Crippen molar-refractivity contribution in [2.75, 3.05) is 5.73 Å². The van der Waals surface area contributed by atoms with Gasteiger partial charge in [0.1, 0.15) is 0 Å². The molecule has 76 valence electrons. The SMILES string of the molecule is CC1CCCC1(O)c1ccccc1N. The lowest BCUT2D eigenvalue weighted by molar-refractivity contribution is 0.00523. The summed E-state index contributed by atoms with van der Waals surface area (Å²) in [5, 5.41) is 10.5. The Bertz CT molecular complexity index is 337. The van der Waals surface area contributed by atoms with Gasteiger partial charge < -0.3 is 10.8 Å². The van der Waals surface area contributed by atoms with E-state index in [-0.39, 0.29) is 0 Å². The van der Waals surface area contributed by atoms with Crippen molar-refractivity contribution >= 4 is 5.69 Å². The van der Waals surface area contributed by atoms with Crippen LogP contribution < -0.4 is 5.73 Å². The predicted octanol–water partition coefficient (Wildman–Crippen LogP) is 2.28. The maximum atomic E-state index is 10.5. The number of para-hydroxylation sites is 1. The summed E-state index contributed by atoms with van der Waals surface area (Å²) in [5.74, 6) is 0.312. The van der Waals surface area contributed by atoms with Crippen LogP contribution in [-0.2, 0) is 5.60 Å². The Morgan fingerprint density at radius 2 is 2.14 bits per heavy atom. The third-order valence-corrected chi connectivity index (χ3v) is 3.44. The summed E-state index contributed by atoms with van der Waals surface area (Å²) in [6.07, 6.45) is 3.01. The van der Waals surface area contributed by atoms with Crippen molar-refractivity contribution in [3.8, 4) is 0 Å². The second-order valence-corrected chi connectivity index (χ2v) is 4.30. The lowest BCUT2D eigenvalue weighted by atomic mass is 9.84. The van der Waals surface area contributed by atoms with Gasteiger partial charge in [0.2, 0.25) is 0 Å². The molecule has 2 rings (SSSR count). The number of nitrogen functional groups attached to an aromatic ring is 1. The Balaban J connectivity index is 2.43. The van der Waals surface area contributed by atoms with Gasteiger partial charge in [-0.05, 0) is 31.2 Å². The Labute approximate surface area is 84.7 Å². The quantitative estimate of drug-likeness (QED) is 0.669. The van der Waals surface area contributed by atoms with E-state index in [4.69, 9.17) is 5.73 Å². The van der Waals surface area contributed by atoms with E-state index in [2.05, 4.69) is 6.92 Å². The number of hydrogen-bond acceptors (Lipinski definition) is 2. The van der Waals surface area contributed by atoms with Gasteiger partial charge in [-0.25, -0.2) is 0 Å². The molecule has 3 N–H and O–H groups in total. The van der Waals surface area contributed by atoms with Gasteiger partial charge in [-0.3, -0.25) is 0 Å². The molecule has 2 heteroatoms. The predicted molar refractivity (Wildman–Crippen MR) is 57.8 cm³/mol. The van der Waals surface area contributed by atoms with Crippen molar-refractivity contribution in [1.82, 2.24) is 0 Å². The van der Waals surface area contributed by atoms with Gasteiger partial charge in [0.15, 0.2) is 0 Å². The monoisotopic (exact) mass is 191 g/mol. The minimum absolute atomic E-state index is 0.312.